The molecule has 1 rings (SSSR count). The van der Waals surface area contributed by atoms with Crippen molar-refractivity contribution in [3.8, 4) is 0 Å². The Hall–Kier alpha value is -1.03. The van der Waals surface area contributed by atoms with Crippen molar-refractivity contribution in [3.05, 3.63) is 27.7 Å². The molecule has 0 aliphatic carbocycles. The number of carbonyl (C=O) groups is 1. The van der Waals surface area contributed by atoms with Gasteiger partial charge in [-0.25, -0.2) is 4.79 Å². The summed E-state index contributed by atoms with van der Waals surface area (Å²) in [4.78, 5) is 11.2. The molecule has 0 saturated carbocycles. The average molecular weight is 244 g/mol. The molecule has 0 heterocycles. The van der Waals surface area contributed by atoms with Gasteiger partial charge in [0.1, 0.15) is 0 Å². The number of halogens is 1. The maximum atomic E-state index is 11.2. The molecule has 2 N–H and O–H groups in total. The number of esters is 1. The zero-order valence-corrected chi connectivity index (χ0v) is 9.01. The predicted molar refractivity (Wildman–Crippen MR) is 54.6 cm³/mol. The van der Waals surface area contributed by atoms with E-state index in [1.54, 1.807) is 6.07 Å². The highest BCUT2D eigenvalue weighted by Gasteiger charge is 2.14. The molecule has 0 aliphatic rings. The van der Waals surface area contributed by atoms with Gasteiger partial charge >= 0.3 is 5.97 Å². The lowest BCUT2D eigenvalue weighted by Crippen LogP contribution is -2.06. The summed E-state index contributed by atoms with van der Waals surface area (Å²) < 4.78 is 5.25. The van der Waals surface area contributed by atoms with Crippen molar-refractivity contribution in [3.63, 3.8) is 0 Å². The molecule has 3 nitrogen and oxygen atoms in total. The third kappa shape index (κ3) is 2.01. The summed E-state index contributed by atoms with van der Waals surface area (Å²) in [6.45, 7) is 1.90. The number of aryl methyl sites for hydroxylation is 1. The summed E-state index contributed by atoms with van der Waals surface area (Å²) in [5.41, 5.74) is 7.48. The van der Waals surface area contributed by atoms with Gasteiger partial charge in [0.15, 0.2) is 0 Å². The average Bonchev–Trinajstić information content (AvgIpc) is 2.02. The zero-order chi connectivity index (χ0) is 10.0. The number of anilines is 1. The summed E-state index contributed by atoms with van der Waals surface area (Å²) in [7, 11) is 1.33. The summed E-state index contributed by atoms with van der Waals surface area (Å²) in [5.74, 6) is -0.427. The molecule has 13 heavy (non-hydrogen) atoms. The lowest BCUT2D eigenvalue weighted by Gasteiger charge is -2.06. The van der Waals surface area contributed by atoms with E-state index >= 15 is 0 Å². The van der Waals surface area contributed by atoms with Crippen molar-refractivity contribution in [2.24, 2.45) is 0 Å². The van der Waals surface area contributed by atoms with Crippen LogP contribution in [0.4, 0.5) is 5.69 Å². The minimum Gasteiger partial charge on any atom is -0.465 e. The van der Waals surface area contributed by atoms with Crippen LogP contribution in [0, 0.1) is 6.92 Å². The first-order valence-electron chi connectivity index (χ1n) is 3.70. The van der Waals surface area contributed by atoms with E-state index in [-0.39, 0.29) is 0 Å². The highest BCUT2D eigenvalue weighted by molar-refractivity contribution is 9.10. The fraction of sp³-hybridized carbons (Fsp3) is 0.222. The van der Waals surface area contributed by atoms with Crippen LogP contribution in [0.25, 0.3) is 0 Å². The van der Waals surface area contributed by atoms with Crippen LogP contribution in [-0.2, 0) is 4.74 Å². The minimum atomic E-state index is -0.427. The van der Waals surface area contributed by atoms with E-state index in [0.717, 1.165) is 5.56 Å². The molecule has 1 aromatic carbocycles. The fourth-order valence-corrected chi connectivity index (χ4v) is 1.84. The summed E-state index contributed by atoms with van der Waals surface area (Å²) in [6, 6.07) is 3.56. The normalized spacial score (nSPS) is 9.77. The zero-order valence-electron chi connectivity index (χ0n) is 7.43. The Morgan fingerprint density at radius 2 is 2.15 bits per heavy atom. The van der Waals surface area contributed by atoms with Crippen molar-refractivity contribution in [2.45, 2.75) is 6.92 Å². The van der Waals surface area contributed by atoms with Crippen LogP contribution < -0.4 is 5.73 Å². The Balaban J connectivity index is 3.28. The fourth-order valence-electron chi connectivity index (χ4n) is 1.09. The van der Waals surface area contributed by atoms with Crippen LogP contribution in [0.1, 0.15) is 15.9 Å². The van der Waals surface area contributed by atoms with Crippen molar-refractivity contribution in [1.82, 2.24) is 0 Å². The largest absolute Gasteiger partial charge is 0.465 e. The van der Waals surface area contributed by atoms with Crippen LogP contribution in [-0.4, -0.2) is 13.1 Å². The molecule has 0 amide bonds. The summed E-state index contributed by atoms with van der Waals surface area (Å²) in [5, 5.41) is 0. The van der Waals surface area contributed by atoms with Crippen molar-refractivity contribution in [2.75, 3.05) is 12.8 Å². The van der Waals surface area contributed by atoms with Crippen LogP contribution in [0.2, 0.25) is 0 Å². The highest BCUT2D eigenvalue weighted by atomic mass is 79.9. The third-order valence-electron chi connectivity index (χ3n) is 1.65. The van der Waals surface area contributed by atoms with Gasteiger partial charge in [0, 0.05) is 10.2 Å². The Morgan fingerprint density at radius 3 is 2.62 bits per heavy atom. The number of benzene rings is 1. The minimum absolute atomic E-state index is 0.383. The lowest BCUT2D eigenvalue weighted by molar-refractivity contribution is 0.0601. The molecule has 0 atom stereocenters. The van der Waals surface area contributed by atoms with Gasteiger partial charge in [-0.3, -0.25) is 0 Å². The SMILES string of the molecule is COC(=O)c1c(N)cc(C)cc1Br. The number of nitrogen functional groups attached to an aromatic ring is 1. The van der Waals surface area contributed by atoms with E-state index < -0.39 is 5.97 Å². The van der Waals surface area contributed by atoms with E-state index in [1.807, 2.05) is 13.0 Å². The number of nitrogens with two attached hydrogens (primary N) is 1. The smallest absolute Gasteiger partial charge is 0.341 e. The first kappa shape index (κ1) is 10.1. The molecule has 0 saturated heterocycles. The number of hydrogen-bond donors (Lipinski definition) is 1. The molecule has 0 bridgehead atoms. The van der Waals surface area contributed by atoms with E-state index in [4.69, 9.17) is 5.73 Å². The van der Waals surface area contributed by atoms with Crippen LogP contribution in [0.3, 0.4) is 0 Å². The summed E-state index contributed by atoms with van der Waals surface area (Å²) >= 11 is 3.26. The lowest BCUT2D eigenvalue weighted by atomic mass is 10.1. The molecule has 0 spiro atoms. The number of carbonyl (C=O) groups excluding carboxylic acids is 1. The molecule has 0 radical (unpaired) electrons. The standard InChI is InChI=1S/C9H10BrNO2/c1-5-3-6(10)8(7(11)4-5)9(12)13-2/h3-4H,11H2,1-2H3. The second-order valence-corrected chi connectivity index (χ2v) is 3.56. The van der Waals surface area contributed by atoms with Gasteiger partial charge in [0.05, 0.1) is 12.7 Å². The molecular formula is C9H10BrNO2. The van der Waals surface area contributed by atoms with Crippen LogP contribution >= 0.6 is 15.9 Å². The number of ether oxygens (including phenoxy) is 1. The summed E-state index contributed by atoms with van der Waals surface area (Å²) in [6.07, 6.45) is 0. The first-order valence-corrected chi connectivity index (χ1v) is 4.49. The van der Waals surface area contributed by atoms with E-state index in [9.17, 15) is 4.79 Å². The molecule has 1 aromatic rings. The first-order chi connectivity index (χ1) is 6.06. The molecule has 0 fully saturated rings. The van der Waals surface area contributed by atoms with Crippen molar-refractivity contribution >= 4 is 27.6 Å². The highest BCUT2D eigenvalue weighted by Crippen LogP contribution is 2.25. The van der Waals surface area contributed by atoms with E-state index in [2.05, 4.69) is 20.7 Å². The molecule has 4 heteroatoms. The number of rotatable bonds is 1. The van der Waals surface area contributed by atoms with E-state index in [1.165, 1.54) is 7.11 Å². The predicted octanol–water partition coefficient (Wildman–Crippen LogP) is 2.13. The van der Waals surface area contributed by atoms with Gasteiger partial charge in [-0.05, 0) is 40.5 Å². The van der Waals surface area contributed by atoms with Crippen molar-refractivity contribution < 1.29 is 9.53 Å². The van der Waals surface area contributed by atoms with Gasteiger partial charge < -0.3 is 10.5 Å². The molecule has 0 aromatic heterocycles. The van der Waals surface area contributed by atoms with Crippen LogP contribution in [0.5, 0.6) is 0 Å². The Bertz CT molecular complexity index is 326. The topological polar surface area (TPSA) is 52.3 Å². The maximum Gasteiger partial charge on any atom is 0.341 e. The van der Waals surface area contributed by atoms with Gasteiger partial charge in [0.2, 0.25) is 0 Å². The molecule has 0 aliphatic heterocycles. The number of methoxy groups -OCH3 is 1. The molecule has 0 unspecified atom stereocenters. The second-order valence-electron chi connectivity index (χ2n) is 2.70. The van der Waals surface area contributed by atoms with Gasteiger partial charge in [-0.1, -0.05) is 0 Å². The Labute approximate surface area is 85.0 Å². The van der Waals surface area contributed by atoms with Gasteiger partial charge in [0.25, 0.3) is 0 Å². The van der Waals surface area contributed by atoms with Crippen LogP contribution in [0.15, 0.2) is 16.6 Å². The van der Waals surface area contributed by atoms with E-state index in [0.29, 0.717) is 15.7 Å². The quantitative estimate of drug-likeness (QED) is 0.608. The second kappa shape index (κ2) is 3.79. The van der Waals surface area contributed by atoms with Gasteiger partial charge in [-0.15, -0.1) is 0 Å². The number of hydrogen-bond acceptors (Lipinski definition) is 3. The Kier molecular flexibility index (Phi) is 2.93. The third-order valence-corrected chi connectivity index (χ3v) is 2.28. The molecule has 70 valence electrons. The monoisotopic (exact) mass is 243 g/mol. The molecular weight excluding hydrogens is 234 g/mol. The maximum absolute atomic E-state index is 11.2. The van der Waals surface area contributed by atoms with Crippen molar-refractivity contribution in [1.29, 1.82) is 0 Å². The van der Waals surface area contributed by atoms with Gasteiger partial charge in [-0.2, -0.15) is 0 Å². The Morgan fingerprint density at radius 1 is 1.54 bits per heavy atom.